The summed E-state index contributed by atoms with van der Waals surface area (Å²) in [6.07, 6.45) is 43.8. The molecule has 0 heterocycles. The van der Waals surface area contributed by atoms with E-state index in [1.807, 2.05) is 0 Å². The molecule has 0 aliphatic heterocycles. The van der Waals surface area contributed by atoms with Gasteiger partial charge in [0.2, 0.25) is 0 Å². The van der Waals surface area contributed by atoms with Crippen molar-refractivity contribution in [3.8, 4) is 0 Å². The van der Waals surface area contributed by atoms with Gasteiger partial charge in [-0.05, 0) is 31.1 Å². The Morgan fingerprint density at radius 1 is 0.333 bits per heavy atom. The van der Waals surface area contributed by atoms with E-state index in [2.05, 4.69) is 34.6 Å². The van der Waals surface area contributed by atoms with E-state index in [-0.39, 0.29) is 31.1 Å². The molecule has 1 atom stereocenters. The zero-order chi connectivity index (χ0) is 41.9. The molecule has 0 fully saturated rings. The number of esters is 3. The Bertz CT molecular complexity index is 870. The van der Waals surface area contributed by atoms with Crippen molar-refractivity contribution < 1.29 is 28.6 Å². The number of unbranched alkanes of at least 4 members (excludes halogenated alkanes) is 30. The van der Waals surface area contributed by atoms with Crippen LogP contribution in [0.4, 0.5) is 0 Å². The highest BCUT2D eigenvalue weighted by molar-refractivity contribution is 5.71. The SMILES string of the molecule is CCCCCCCCCCCCCC(=O)O[C@@H](COC(=O)CCCCCCCCCCCCCCCCCC(C)C)COC(=O)CCCCCCCCCC(C)C. The van der Waals surface area contributed by atoms with Gasteiger partial charge >= 0.3 is 17.9 Å². The minimum absolute atomic E-state index is 0.0643. The van der Waals surface area contributed by atoms with E-state index >= 15 is 0 Å². The van der Waals surface area contributed by atoms with Gasteiger partial charge in [-0.3, -0.25) is 14.4 Å². The maximum absolute atomic E-state index is 12.7. The molecule has 0 bridgehead atoms. The van der Waals surface area contributed by atoms with Crippen molar-refractivity contribution >= 4 is 17.9 Å². The lowest BCUT2D eigenvalue weighted by molar-refractivity contribution is -0.167. The summed E-state index contributed by atoms with van der Waals surface area (Å²) in [6, 6.07) is 0. The van der Waals surface area contributed by atoms with Gasteiger partial charge in [-0.1, -0.05) is 240 Å². The highest BCUT2D eigenvalue weighted by atomic mass is 16.6. The van der Waals surface area contributed by atoms with Gasteiger partial charge in [-0.25, -0.2) is 0 Å². The first-order valence-corrected chi connectivity index (χ1v) is 25.2. The van der Waals surface area contributed by atoms with Crippen molar-refractivity contribution in [2.45, 2.75) is 285 Å². The van der Waals surface area contributed by atoms with Crippen LogP contribution in [0.3, 0.4) is 0 Å². The monoisotopic (exact) mass is 807 g/mol. The molecule has 0 aromatic rings. The molecule has 0 saturated carbocycles. The fourth-order valence-corrected chi connectivity index (χ4v) is 7.64. The third-order valence-electron chi connectivity index (χ3n) is 11.5. The van der Waals surface area contributed by atoms with Crippen LogP contribution >= 0.6 is 0 Å². The minimum atomic E-state index is -0.761. The van der Waals surface area contributed by atoms with Crippen LogP contribution in [0.15, 0.2) is 0 Å². The molecule has 0 radical (unpaired) electrons. The first kappa shape index (κ1) is 55.4. The van der Waals surface area contributed by atoms with E-state index in [4.69, 9.17) is 14.2 Å². The predicted molar refractivity (Wildman–Crippen MR) is 243 cm³/mol. The Morgan fingerprint density at radius 3 is 0.860 bits per heavy atom. The van der Waals surface area contributed by atoms with E-state index in [0.29, 0.717) is 19.3 Å². The van der Waals surface area contributed by atoms with Crippen LogP contribution in [0.25, 0.3) is 0 Å². The van der Waals surface area contributed by atoms with Gasteiger partial charge < -0.3 is 14.2 Å². The molecule has 57 heavy (non-hydrogen) atoms. The summed E-state index contributed by atoms with van der Waals surface area (Å²) in [4.78, 5) is 37.8. The fraction of sp³-hybridized carbons (Fsp3) is 0.941. The molecule has 0 rings (SSSR count). The van der Waals surface area contributed by atoms with E-state index in [9.17, 15) is 14.4 Å². The second-order valence-corrected chi connectivity index (χ2v) is 18.4. The fourth-order valence-electron chi connectivity index (χ4n) is 7.64. The lowest BCUT2D eigenvalue weighted by atomic mass is 10.0. The standard InChI is InChI=1S/C51H98O6/c1-6-7-8-9-10-11-17-22-27-33-38-43-51(54)57-48(45-56-50(53)42-37-32-28-23-25-30-35-40-47(4)5)44-55-49(52)41-36-31-26-21-19-16-14-12-13-15-18-20-24-29-34-39-46(2)3/h46-48H,6-45H2,1-5H3/t48-/m0/s1. The first-order chi connectivity index (χ1) is 27.7. The third-order valence-corrected chi connectivity index (χ3v) is 11.5. The third kappa shape index (κ3) is 45.3. The molecule has 0 saturated heterocycles. The van der Waals surface area contributed by atoms with Gasteiger partial charge in [0.1, 0.15) is 13.2 Å². The number of hydrogen-bond acceptors (Lipinski definition) is 6. The summed E-state index contributed by atoms with van der Waals surface area (Å²) in [5.74, 6) is 0.777. The van der Waals surface area contributed by atoms with Crippen molar-refractivity contribution in [1.29, 1.82) is 0 Å². The van der Waals surface area contributed by atoms with Crippen molar-refractivity contribution in [2.75, 3.05) is 13.2 Å². The van der Waals surface area contributed by atoms with Crippen LogP contribution in [0, 0.1) is 11.8 Å². The predicted octanol–water partition coefficient (Wildman–Crippen LogP) is 16.1. The van der Waals surface area contributed by atoms with Gasteiger partial charge in [0, 0.05) is 19.3 Å². The quantitative estimate of drug-likeness (QED) is 0.0346. The molecule has 0 aliphatic rings. The Labute approximate surface area is 355 Å². The number of hydrogen-bond donors (Lipinski definition) is 0. The molecule has 0 aliphatic carbocycles. The Morgan fingerprint density at radius 2 is 0.579 bits per heavy atom. The maximum atomic E-state index is 12.7. The van der Waals surface area contributed by atoms with Crippen LogP contribution < -0.4 is 0 Å². The molecule has 0 amide bonds. The van der Waals surface area contributed by atoms with E-state index in [1.165, 1.54) is 167 Å². The van der Waals surface area contributed by atoms with Gasteiger partial charge in [-0.2, -0.15) is 0 Å². The highest BCUT2D eigenvalue weighted by Crippen LogP contribution is 2.17. The molecular weight excluding hydrogens is 709 g/mol. The van der Waals surface area contributed by atoms with Crippen LogP contribution in [-0.4, -0.2) is 37.2 Å². The van der Waals surface area contributed by atoms with Gasteiger partial charge in [0.25, 0.3) is 0 Å². The zero-order valence-corrected chi connectivity index (χ0v) is 39.0. The lowest BCUT2D eigenvalue weighted by Gasteiger charge is -2.18. The lowest BCUT2D eigenvalue weighted by Crippen LogP contribution is -2.30. The van der Waals surface area contributed by atoms with Crippen molar-refractivity contribution in [3.63, 3.8) is 0 Å². The van der Waals surface area contributed by atoms with Crippen molar-refractivity contribution in [2.24, 2.45) is 11.8 Å². The summed E-state index contributed by atoms with van der Waals surface area (Å²) in [7, 11) is 0. The highest BCUT2D eigenvalue weighted by Gasteiger charge is 2.19. The number of rotatable bonds is 45. The average Bonchev–Trinajstić information content (AvgIpc) is 3.18. The molecule has 6 heteroatoms. The van der Waals surface area contributed by atoms with E-state index in [1.54, 1.807) is 0 Å². The van der Waals surface area contributed by atoms with Crippen molar-refractivity contribution in [3.05, 3.63) is 0 Å². The van der Waals surface area contributed by atoms with Crippen molar-refractivity contribution in [1.82, 2.24) is 0 Å². The van der Waals surface area contributed by atoms with Crippen LogP contribution in [0.1, 0.15) is 279 Å². The van der Waals surface area contributed by atoms with Gasteiger partial charge in [-0.15, -0.1) is 0 Å². The maximum Gasteiger partial charge on any atom is 0.306 e. The number of ether oxygens (including phenoxy) is 3. The number of carbonyl (C=O) groups excluding carboxylic acids is 3. The molecule has 338 valence electrons. The normalized spacial score (nSPS) is 12.1. The van der Waals surface area contributed by atoms with E-state index in [0.717, 1.165) is 69.6 Å². The Hall–Kier alpha value is -1.59. The van der Waals surface area contributed by atoms with Gasteiger partial charge in [0.15, 0.2) is 6.10 Å². The van der Waals surface area contributed by atoms with Crippen LogP contribution in [-0.2, 0) is 28.6 Å². The first-order valence-electron chi connectivity index (χ1n) is 25.2. The summed E-state index contributed by atoms with van der Waals surface area (Å²) >= 11 is 0. The minimum Gasteiger partial charge on any atom is -0.462 e. The summed E-state index contributed by atoms with van der Waals surface area (Å²) in [5.41, 5.74) is 0. The number of carbonyl (C=O) groups is 3. The van der Waals surface area contributed by atoms with Gasteiger partial charge in [0.05, 0.1) is 0 Å². The van der Waals surface area contributed by atoms with E-state index < -0.39 is 6.10 Å². The largest absolute Gasteiger partial charge is 0.462 e. The zero-order valence-electron chi connectivity index (χ0n) is 39.0. The molecule has 6 nitrogen and oxygen atoms in total. The van der Waals surface area contributed by atoms with Crippen LogP contribution in [0.5, 0.6) is 0 Å². The smallest absolute Gasteiger partial charge is 0.306 e. The molecule has 0 spiro atoms. The molecule has 0 unspecified atom stereocenters. The second kappa shape index (κ2) is 44.0. The van der Waals surface area contributed by atoms with Crippen LogP contribution in [0.2, 0.25) is 0 Å². The Kier molecular flexibility index (Phi) is 42.7. The molecular formula is C51H98O6. The molecule has 0 N–H and O–H groups in total. The second-order valence-electron chi connectivity index (χ2n) is 18.4. The summed E-state index contributed by atoms with van der Waals surface area (Å²) < 4.78 is 16.8. The molecule has 0 aromatic carbocycles. The molecule has 0 aromatic heterocycles. The topological polar surface area (TPSA) is 78.9 Å². The summed E-state index contributed by atoms with van der Waals surface area (Å²) in [6.45, 7) is 11.3. The average molecular weight is 807 g/mol. The Balaban J connectivity index is 4.24. The summed E-state index contributed by atoms with van der Waals surface area (Å²) in [5, 5.41) is 0.